The Morgan fingerprint density at radius 2 is 2.00 bits per heavy atom. The van der Waals surface area contributed by atoms with Crippen molar-refractivity contribution in [3.63, 3.8) is 0 Å². The number of piperidine rings is 1. The summed E-state index contributed by atoms with van der Waals surface area (Å²) in [6.07, 6.45) is 10.9. The summed E-state index contributed by atoms with van der Waals surface area (Å²) in [5.74, 6) is 1.47. The Morgan fingerprint density at radius 3 is 2.70 bits per heavy atom. The molecule has 0 aromatic carbocycles. The molecule has 0 aromatic heterocycles. The number of sulfonamides is 1. The summed E-state index contributed by atoms with van der Waals surface area (Å²) >= 11 is 1.87. The van der Waals surface area contributed by atoms with Crippen molar-refractivity contribution in [2.45, 2.75) is 57.4 Å². The van der Waals surface area contributed by atoms with Crippen LogP contribution in [0, 0.1) is 0 Å². The number of thioether (sulfide) groups is 1. The first-order valence-corrected chi connectivity index (χ1v) is 10.9. The second-order valence-corrected chi connectivity index (χ2v) is 8.47. The molecule has 1 aliphatic heterocycles. The van der Waals surface area contributed by atoms with Gasteiger partial charge in [0.25, 0.3) is 0 Å². The maximum absolute atomic E-state index is 11.9. The fourth-order valence-electron chi connectivity index (χ4n) is 2.49. The van der Waals surface area contributed by atoms with Gasteiger partial charge in [0.1, 0.15) is 0 Å². The first kappa shape index (κ1) is 18.3. The summed E-state index contributed by atoms with van der Waals surface area (Å²) in [5.41, 5.74) is 0. The van der Waals surface area contributed by atoms with E-state index in [0.717, 1.165) is 32.2 Å². The quantitative estimate of drug-likeness (QED) is 0.573. The highest BCUT2D eigenvalue weighted by molar-refractivity contribution is 7.98. The van der Waals surface area contributed by atoms with Crippen molar-refractivity contribution in [3.8, 4) is 0 Å². The van der Waals surface area contributed by atoms with Crippen LogP contribution in [0.5, 0.6) is 0 Å². The second-order valence-electron chi connectivity index (χ2n) is 5.56. The predicted molar refractivity (Wildman–Crippen MR) is 88.9 cm³/mol. The molecule has 0 radical (unpaired) electrons. The molecule has 0 aliphatic carbocycles. The molecular formula is C14H30N2O2S2. The zero-order valence-electron chi connectivity index (χ0n) is 12.7. The minimum Gasteiger partial charge on any atom is -0.314 e. The molecule has 6 heteroatoms. The average Bonchev–Trinajstić information content (AvgIpc) is 2.45. The van der Waals surface area contributed by atoms with Crippen LogP contribution in [0.3, 0.4) is 0 Å². The normalized spacial score (nSPS) is 20.1. The number of rotatable bonds is 11. The maximum Gasteiger partial charge on any atom is 0.211 e. The zero-order chi connectivity index (χ0) is 14.7. The molecule has 2 N–H and O–H groups in total. The smallest absolute Gasteiger partial charge is 0.211 e. The standard InChI is InChI=1S/C14H30N2O2S2/c1-19-12-7-3-2-5-11-16-20(17,18)13-9-14-8-4-6-10-15-14/h14-16H,2-13H2,1H3. The van der Waals surface area contributed by atoms with E-state index in [1.165, 1.54) is 31.4 Å². The molecule has 4 nitrogen and oxygen atoms in total. The van der Waals surface area contributed by atoms with Gasteiger partial charge in [0.2, 0.25) is 10.0 Å². The Morgan fingerprint density at radius 1 is 1.20 bits per heavy atom. The van der Waals surface area contributed by atoms with Gasteiger partial charge in [-0.3, -0.25) is 0 Å². The van der Waals surface area contributed by atoms with Gasteiger partial charge in [0.15, 0.2) is 0 Å². The lowest BCUT2D eigenvalue weighted by atomic mass is 10.0. The lowest BCUT2D eigenvalue weighted by Crippen LogP contribution is -2.37. The van der Waals surface area contributed by atoms with E-state index >= 15 is 0 Å². The van der Waals surface area contributed by atoms with Crippen LogP contribution in [0.1, 0.15) is 51.4 Å². The first-order valence-electron chi connectivity index (χ1n) is 7.84. The predicted octanol–water partition coefficient (Wildman–Crippen LogP) is 2.36. The Balaban J connectivity index is 2.02. The van der Waals surface area contributed by atoms with Gasteiger partial charge in [0, 0.05) is 12.6 Å². The van der Waals surface area contributed by atoms with Gasteiger partial charge in [-0.15, -0.1) is 0 Å². The molecule has 0 amide bonds. The van der Waals surface area contributed by atoms with Gasteiger partial charge in [0.05, 0.1) is 5.75 Å². The van der Waals surface area contributed by atoms with Crippen LogP contribution in [0.25, 0.3) is 0 Å². The van der Waals surface area contributed by atoms with E-state index in [1.807, 2.05) is 11.8 Å². The Kier molecular flexibility index (Phi) is 9.94. The van der Waals surface area contributed by atoms with E-state index in [0.29, 0.717) is 12.6 Å². The number of hydrogen-bond acceptors (Lipinski definition) is 4. The third-order valence-corrected chi connectivity index (χ3v) is 5.86. The molecule has 1 rings (SSSR count). The highest BCUT2D eigenvalue weighted by atomic mass is 32.2. The molecule has 1 atom stereocenters. The van der Waals surface area contributed by atoms with Crippen molar-refractivity contribution < 1.29 is 8.42 Å². The molecule has 0 spiro atoms. The van der Waals surface area contributed by atoms with Crippen LogP contribution in [0.2, 0.25) is 0 Å². The molecule has 0 aromatic rings. The van der Waals surface area contributed by atoms with Gasteiger partial charge in [-0.05, 0) is 50.7 Å². The third-order valence-electron chi connectivity index (χ3n) is 3.74. The average molecular weight is 323 g/mol. The van der Waals surface area contributed by atoms with Crippen LogP contribution in [-0.4, -0.2) is 45.3 Å². The Hall–Kier alpha value is 0.220. The topological polar surface area (TPSA) is 58.2 Å². The van der Waals surface area contributed by atoms with Gasteiger partial charge in [-0.25, -0.2) is 13.1 Å². The van der Waals surface area contributed by atoms with Crippen molar-refractivity contribution in [2.75, 3.05) is 30.9 Å². The minimum atomic E-state index is -3.07. The Bertz CT molecular complexity index is 328. The van der Waals surface area contributed by atoms with E-state index in [4.69, 9.17) is 0 Å². The molecule has 1 saturated heterocycles. The number of hydrogen-bond donors (Lipinski definition) is 2. The van der Waals surface area contributed by atoms with Crippen molar-refractivity contribution >= 4 is 21.8 Å². The molecular weight excluding hydrogens is 292 g/mol. The van der Waals surface area contributed by atoms with Crippen molar-refractivity contribution in [3.05, 3.63) is 0 Å². The van der Waals surface area contributed by atoms with Crippen LogP contribution in [0.4, 0.5) is 0 Å². The van der Waals surface area contributed by atoms with E-state index < -0.39 is 10.0 Å². The van der Waals surface area contributed by atoms with Crippen LogP contribution < -0.4 is 10.0 Å². The van der Waals surface area contributed by atoms with Gasteiger partial charge in [-0.2, -0.15) is 11.8 Å². The molecule has 20 heavy (non-hydrogen) atoms. The summed E-state index contributed by atoms with van der Waals surface area (Å²) in [6, 6.07) is 0.395. The van der Waals surface area contributed by atoms with E-state index in [2.05, 4.69) is 16.3 Å². The molecule has 1 aliphatic rings. The highest BCUT2D eigenvalue weighted by Crippen LogP contribution is 2.11. The number of unbranched alkanes of at least 4 members (excludes halogenated alkanes) is 3. The summed E-state index contributed by atoms with van der Waals surface area (Å²) in [5, 5.41) is 3.39. The largest absolute Gasteiger partial charge is 0.314 e. The fraction of sp³-hybridized carbons (Fsp3) is 1.00. The Labute approximate surface area is 128 Å². The lowest BCUT2D eigenvalue weighted by Gasteiger charge is -2.23. The van der Waals surface area contributed by atoms with E-state index in [-0.39, 0.29) is 5.75 Å². The first-order chi connectivity index (χ1) is 9.64. The number of nitrogens with one attached hydrogen (secondary N) is 2. The molecule has 0 bridgehead atoms. The van der Waals surface area contributed by atoms with E-state index in [9.17, 15) is 8.42 Å². The molecule has 0 saturated carbocycles. The van der Waals surface area contributed by atoms with Crippen molar-refractivity contribution in [1.82, 2.24) is 10.0 Å². The van der Waals surface area contributed by atoms with Crippen LogP contribution in [0.15, 0.2) is 0 Å². The van der Waals surface area contributed by atoms with Crippen LogP contribution in [-0.2, 0) is 10.0 Å². The summed E-state index contributed by atoms with van der Waals surface area (Å²) < 4.78 is 26.5. The minimum absolute atomic E-state index is 0.261. The van der Waals surface area contributed by atoms with Gasteiger partial charge >= 0.3 is 0 Å². The van der Waals surface area contributed by atoms with Crippen molar-refractivity contribution in [1.29, 1.82) is 0 Å². The maximum atomic E-state index is 11.9. The second kappa shape index (κ2) is 10.9. The summed E-state index contributed by atoms with van der Waals surface area (Å²) in [6.45, 7) is 1.63. The molecule has 1 fully saturated rings. The monoisotopic (exact) mass is 322 g/mol. The van der Waals surface area contributed by atoms with E-state index in [1.54, 1.807) is 0 Å². The van der Waals surface area contributed by atoms with Gasteiger partial charge < -0.3 is 5.32 Å². The lowest BCUT2D eigenvalue weighted by molar-refractivity contribution is 0.392. The summed E-state index contributed by atoms with van der Waals surface area (Å²) in [4.78, 5) is 0. The van der Waals surface area contributed by atoms with Crippen LogP contribution >= 0.6 is 11.8 Å². The molecule has 1 heterocycles. The summed E-state index contributed by atoms with van der Waals surface area (Å²) in [7, 11) is -3.07. The fourth-order valence-corrected chi connectivity index (χ4v) is 4.18. The molecule has 120 valence electrons. The van der Waals surface area contributed by atoms with Crippen molar-refractivity contribution in [2.24, 2.45) is 0 Å². The zero-order valence-corrected chi connectivity index (χ0v) is 14.3. The SMILES string of the molecule is CSCCCCCCNS(=O)(=O)CCC1CCCCN1. The highest BCUT2D eigenvalue weighted by Gasteiger charge is 2.16. The third kappa shape index (κ3) is 9.21. The molecule has 1 unspecified atom stereocenters. The van der Waals surface area contributed by atoms with Gasteiger partial charge in [-0.1, -0.05) is 19.3 Å².